The number of piperidine rings is 1. The first-order chi connectivity index (χ1) is 12.6. The van der Waals surface area contributed by atoms with E-state index in [2.05, 4.69) is 15.3 Å². The Morgan fingerprint density at radius 2 is 2.00 bits per heavy atom. The van der Waals surface area contributed by atoms with Crippen molar-refractivity contribution in [2.24, 2.45) is 0 Å². The molecule has 3 heterocycles. The fourth-order valence-electron chi connectivity index (χ4n) is 3.62. The molecule has 2 aromatic rings. The molecule has 2 aliphatic rings. The number of para-hydroxylation sites is 1. The highest BCUT2D eigenvalue weighted by Gasteiger charge is 2.38. The number of nitrogens with zero attached hydrogens (tertiary/aromatic N) is 5. The maximum absolute atomic E-state index is 13.5. The largest absolute Gasteiger partial charge is 0.662 e. The fraction of sp³-hybridized carbons (Fsp3) is 0.389. The predicted molar refractivity (Wildman–Crippen MR) is 103 cm³/mol. The zero-order chi connectivity index (χ0) is 18.3. The second kappa shape index (κ2) is 7.02. The van der Waals surface area contributed by atoms with Crippen LogP contribution < -0.4 is 9.80 Å². The molecule has 0 unspecified atom stereocenters. The third-order valence-corrected chi connectivity index (χ3v) is 5.36. The molecule has 8 heteroatoms. The molecule has 0 radical (unpaired) electrons. The van der Waals surface area contributed by atoms with E-state index in [-0.39, 0.29) is 17.4 Å². The molecular weight excluding hydrogens is 373 g/mol. The summed E-state index contributed by atoms with van der Waals surface area (Å²) in [5.41, 5.74) is 2.53. The van der Waals surface area contributed by atoms with Gasteiger partial charge < -0.3 is 5.32 Å². The summed E-state index contributed by atoms with van der Waals surface area (Å²) >= 11 is 12.5. The average molecular weight is 391 g/mol. The Morgan fingerprint density at radius 1 is 1.23 bits per heavy atom. The average Bonchev–Trinajstić information content (AvgIpc) is 2.63. The number of carbonyl (C=O) groups excluding carboxylic acids is 1. The van der Waals surface area contributed by atoms with Crippen LogP contribution in [0.2, 0.25) is 10.3 Å². The number of fused-ring (bicyclic) bond motifs is 1. The summed E-state index contributed by atoms with van der Waals surface area (Å²) in [6.45, 7) is 3.80. The lowest BCUT2D eigenvalue weighted by atomic mass is 10.0. The normalized spacial score (nSPS) is 18.2. The van der Waals surface area contributed by atoms with Gasteiger partial charge in [-0.15, -0.1) is 13.1 Å². The van der Waals surface area contributed by atoms with Crippen molar-refractivity contribution in [3.63, 3.8) is 0 Å². The van der Waals surface area contributed by atoms with Crippen LogP contribution in [0.1, 0.15) is 24.0 Å². The first-order valence-corrected chi connectivity index (χ1v) is 9.32. The van der Waals surface area contributed by atoms with Crippen LogP contribution in [0.3, 0.4) is 0 Å². The Bertz CT molecular complexity index is 833. The Morgan fingerprint density at radius 3 is 2.73 bits per heavy atom. The van der Waals surface area contributed by atoms with Crippen LogP contribution in [0.15, 0.2) is 24.4 Å². The number of rotatable bonds is 2. The number of benzene rings is 1. The predicted octanol–water partition coefficient (Wildman–Crippen LogP) is 4.57. The monoisotopic (exact) mass is 390 g/mol. The molecule has 0 bridgehead atoms. The van der Waals surface area contributed by atoms with Crippen molar-refractivity contribution in [2.75, 3.05) is 22.9 Å². The van der Waals surface area contributed by atoms with Crippen molar-refractivity contribution in [3.8, 4) is 0 Å². The molecule has 4 rings (SSSR count). The van der Waals surface area contributed by atoms with E-state index in [9.17, 15) is 4.79 Å². The van der Waals surface area contributed by atoms with Crippen molar-refractivity contribution in [2.45, 2.75) is 32.4 Å². The highest BCUT2D eigenvalue weighted by atomic mass is 35.5. The highest BCUT2D eigenvalue weighted by molar-refractivity contribution is 6.34. The van der Waals surface area contributed by atoms with Crippen LogP contribution >= 0.6 is 23.2 Å². The van der Waals surface area contributed by atoms with Gasteiger partial charge in [-0.2, -0.15) is 4.98 Å². The summed E-state index contributed by atoms with van der Waals surface area (Å²) in [4.78, 5) is 25.4. The summed E-state index contributed by atoms with van der Waals surface area (Å²) in [6.07, 6.45) is 3.31. The van der Waals surface area contributed by atoms with Crippen molar-refractivity contribution in [3.05, 3.63) is 51.1 Å². The van der Waals surface area contributed by atoms with E-state index < -0.39 is 0 Å². The number of halogens is 2. The minimum atomic E-state index is -0.129. The quantitative estimate of drug-likeness (QED) is 0.705. The van der Waals surface area contributed by atoms with E-state index in [0.29, 0.717) is 17.4 Å². The zero-order valence-electron chi connectivity index (χ0n) is 14.3. The summed E-state index contributed by atoms with van der Waals surface area (Å²) in [5, 5.41) is 5.09. The van der Waals surface area contributed by atoms with Gasteiger partial charge in [-0.1, -0.05) is 36.6 Å². The van der Waals surface area contributed by atoms with Crippen molar-refractivity contribution in [1.29, 1.82) is 0 Å². The number of aryl methyl sites for hydroxylation is 1. The number of urea groups is 1. The number of aromatic nitrogens is 2. The highest BCUT2D eigenvalue weighted by Crippen LogP contribution is 2.38. The van der Waals surface area contributed by atoms with Gasteiger partial charge in [0, 0.05) is 17.8 Å². The lowest BCUT2D eigenvalue weighted by Crippen LogP contribution is -2.53. The molecule has 0 N–H and O–H groups in total. The number of amides is 2. The minimum Gasteiger partial charge on any atom is -0.662 e. The molecule has 1 saturated heterocycles. The summed E-state index contributed by atoms with van der Waals surface area (Å²) in [5.74, 6) is 0.600. The van der Waals surface area contributed by atoms with Gasteiger partial charge in [-0.25, -0.2) is 9.78 Å². The first-order valence-electron chi connectivity index (χ1n) is 8.57. The van der Waals surface area contributed by atoms with E-state index >= 15 is 0 Å². The molecule has 0 spiro atoms. The van der Waals surface area contributed by atoms with Crippen LogP contribution in [-0.4, -0.2) is 35.1 Å². The van der Waals surface area contributed by atoms with Gasteiger partial charge >= 0.3 is 6.03 Å². The standard InChI is InChI=1S/C18H18Cl2N5O/c1-11-3-2-4-14(19)15(11)24-10-12-9-22-17(20)23-16(12)25(18(24)26)13-5-7-21-8-6-13/h2-4,9,13H,5-8,10H2,1H3/q-1. The van der Waals surface area contributed by atoms with Crippen molar-refractivity contribution < 1.29 is 4.79 Å². The third kappa shape index (κ3) is 3.02. The molecule has 0 saturated carbocycles. The maximum atomic E-state index is 13.5. The summed E-state index contributed by atoms with van der Waals surface area (Å²) in [6, 6.07) is 5.54. The molecule has 1 aromatic heterocycles. The van der Waals surface area contributed by atoms with E-state index in [1.807, 2.05) is 19.1 Å². The number of hydrogen-bond donors (Lipinski definition) is 0. The van der Waals surface area contributed by atoms with E-state index in [4.69, 9.17) is 23.2 Å². The third-order valence-electron chi connectivity index (χ3n) is 4.87. The topological polar surface area (TPSA) is 63.4 Å². The van der Waals surface area contributed by atoms with Gasteiger partial charge in [0.15, 0.2) is 0 Å². The van der Waals surface area contributed by atoms with Crippen LogP contribution in [0, 0.1) is 6.92 Å². The molecule has 1 aromatic carbocycles. The molecule has 6 nitrogen and oxygen atoms in total. The lowest BCUT2D eigenvalue weighted by molar-refractivity contribution is 0.246. The smallest absolute Gasteiger partial charge is 0.330 e. The summed E-state index contributed by atoms with van der Waals surface area (Å²) < 4.78 is 0. The van der Waals surface area contributed by atoms with E-state index in [0.717, 1.165) is 42.7 Å². The molecule has 136 valence electrons. The van der Waals surface area contributed by atoms with Gasteiger partial charge in [0.05, 0.1) is 17.3 Å². The van der Waals surface area contributed by atoms with Crippen LogP contribution in [0.25, 0.3) is 5.32 Å². The molecule has 0 atom stereocenters. The number of carbonyl (C=O) groups is 1. The molecule has 2 aliphatic heterocycles. The van der Waals surface area contributed by atoms with Gasteiger partial charge in [-0.05, 0) is 30.2 Å². The van der Waals surface area contributed by atoms with Gasteiger partial charge in [0.2, 0.25) is 5.28 Å². The molecule has 26 heavy (non-hydrogen) atoms. The van der Waals surface area contributed by atoms with Gasteiger partial charge in [0.25, 0.3) is 0 Å². The SMILES string of the molecule is Cc1cccc(Cl)c1N1Cc2cnc(Cl)nc2N(C2CC[N-]CC2)C1=O. The second-order valence-corrected chi connectivity index (χ2v) is 7.28. The van der Waals surface area contributed by atoms with Gasteiger partial charge in [0.1, 0.15) is 5.82 Å². The lowest BCUT2D eigenvalue weighted by Gasteiger charge is -2.44. The van der Waals surface area contributed by atoms with E-state index in [1.54, 1.807) is 22.1 Å². The van der Waals surface area contributed by atoms with E-state index in [1.165, 1.54) is 0 Å². The Kier molecular flexibility index (Phi) is 4.73. The number of hydrogen-bond acceptors (Lipinski definition) is 3. The number of anilines is 2. The second-order valence-electron chi connectivity index (χ2n) is 6.53. The molecule has 1 fully saturated rings. The Hall–Kier alpha value is -1.89. The first kappa shape index (κ1) is 17.5. The van der Waals surface area contributed by atoms with Crippen LogP contribution in [0.4, 0.5) is 16.3 Å². The fourth-order valence-corrected chi connectivity index (χ4v) is 4.07. The van der Waals surface area contributed by atoms with Gasteiger partial charge in [-0.3, -0.25) is 9.80 Å². The maximum Gasteiger partial charge on any atom is 0.330 e. The molecule has 2 amide bonds. The van der Waals surface area contributed by atoms with Crippen molar-refractivity contribution >= 4 is 40.7 Å². The molecular formula is C18H18Cl2N5O-. The Balaban J connectivity index is 1.82. The van der Waals surface area contributed by atoms with Crippen LogP contribution in [-0.2, 0) is 6.54 Å². The molecule has 0 aliphatic carbocycles. The van der Waals surface area contributed by atoms with Crippen molar-refractivity contribution in [1.82, 2.24) is 9.97 Å². The summed E-state index contributed by atoms with van der Waals surface area (Å²) in [7, 11) is 0. The zero-order valence-corrected chi connectivity index (χ0v) is 15.8. The Labute approximate surface area is 162 Å². The van der Waals surface area contributed by atoms with Crippen LogP contribution in [0.5, 0.6) is 0 Å². The minimum absolute atomic E-state index is 0.0373.